The van der Waals surface area contributed by atoms with Crippen LogP contribution in [0.15, 0.2) is 12.2 Å². The van der Waals surface area contributed by atoms with E-state index in [1.54, 1.807) is 0 Å². The van der Waals surface area contributed by atoms with Crippen LogP contribution < -0.4 is 0 Å². The lowest BCUT2D eigenvalue weighted by molar-refractivity contribution is -0.131. The van der Waals surface area contributed by atoms with E-state index in [0.717, 1.165) is 34.4 Å². The Bertz CT molecular complexity index is 522. The third kappa shape index (κ3) is 2.50. The van der Waals surface area contributed by atoms with Gasteiger partial charge in [0, 0.05) is 11.6 Å². The monoisotopic (exact) mass is 246 g/mol. The van der Waals surface area contributed by atoms with Crippen LogP contribution in [0.3, 0.4) is 0 Å². The Balaban J connectivity index is 3.42. The smallest absolute Gasteiger partial charge is 0.328 e. The van der Waals surface area contributed by atoms with Gasteiger partial charge in [0.25, 0.3) is 0 Å². The summed E-state index contributed by atoms with van der Waals surface area (Å²) in [4.78, 5) is 22.5. The molecule has 1 aromatic rings. The molecule has 0 heterocycles. The molecule has 0 unspecified atom stereocenters. The van der Waals surface area contributed by atoms with Crippen molar-refractivity contribution in [3.63, 3.8) is 0 Å². The highest BCUT2D eigenvalue weighted by molar-refractivity contribution is 6.09. The Hall–Kier alpha value is -1.90. The average Bonchev–Trinajstić information content (AvgIpc) is 2.31. The number of carbonyl (C=O) groups is 2. The summed E-state index contributed by atoms with van der Waals surface area (Å²) in [6.07, 6.45) is 2.00. The highest BCUT2D eigenvalue weighted by atomic mass is 16.4. The molecular formula is C15H18O3. The van der Waals surface area contributed by atoms with Crippen molar-refractivity contribution in [2.75, 3.05) is 0 Å². The van der Waals surface area contributed by atoms with E-state index in [9.17, 15) is 9.59 Å². The number of aliphatic carboxylic acids is 1. The maximum Gasteiger partial charge on any atom is 0.328 e. The van der Waals surface area contributed by atoms with Crippen molar-refractivity contribution in [2.45, 2.75) is 34.6 Å². The number of hydrogen-bond acceptors (Lipinski definition) is 2. The van der Waals surface area contributed by atoms with Crippen LogP contribution >= 0.6 is 0 Å². The second-order valence-corrected chi connectivity index (χ2v) is 4.54. The van der Waals surface area contributed by atoms with E-state index in [0.29, 0.717) is 5.56 Å². The Morgan fingerprint density at radius 2 is 1.17 bits per heavy atom. The van der Waals surface area contributed by atoms with Crippen molar-refractivity contribution in [3.05, 3.63) is 45.5 Å². The highest BCUT2D eigenvalue weighted by Crippen LogP contribution is 2.26. The van der Waals surface area contributed by atoms with Crippen LogP contribution in [-0.2, 0) is 4.79 Å². The van der Waals surface area contributed by atoms with Crippen molar-refractivity contribution in [1.82, 2.24) is 0 Å². The summed E-state index contributed by atoms with van der Waals surface area (Å²) in [6.45, 7) is 9.79. The number of rotatable bonds is 3. The van der Waals surface area contributed by atoms with Crippen LogP contribution in [-0.4, -0.2) is 16.9 Å². The van der Waals surface area contributed by atoms with Crippen LogP contribution in [0, 0.1) is 34.6 Å². The second-order valence-electron chi connectivity index (χ2n) is 4.54. The van der Waals surface area contributed by atoms with E-state index in [2.05, 4.69) is 0 Å². The second kappa shape index (κ2) is 5.17. The first-order valence-electron chi connectivity index (χ1n) is 5.79. The SMILES string of the molecule is Cc1c(C)c(C)c(C(=O)C=CC(=O)O)c(C)c1C. The number of carboxylic acids is 1. The molecule has 0 aliphatic carbocycles. The predicted molar refractivity (Wildman–Crippen MR) is 71.2 cm³/mol. The van der Waals surface area contributed by atoms with Gasteiger partial charge in [0.05, 0.1) is 0 Å². The van der Waals surface area contributed by atoms with Crippen molar-refractivity contribution >= 4 is 11.8 Å². The average molecular weight is 246 g/mol. The van der Waals surface area contributed by atoms with Gasteiger partial charge in [-0.05, 0) is 68.5 Å². The molecule has 0 bridgehead atoms. The number of ketones is 1. The Kier molecular flexibility index (Phi) is 4.07. The van der Waals surface area contributed by atoms with Gasteiger partial charge >= 0.3 is 5.97 Å². The largest absolute Gasteiger partial charge is 0.478 e. The minimum Gasteiger partial charge on any atom is -0.478 e. The summed E-state index contributed by atoms with van der Waals surface area (Å²) in [6, 6.07) is 0. The zero-order valence-corrected chi connectivity index (χ0v) is 11.4. The molecule has 0 saturated heterocycles. The van der Waals surface area contributed by atoms with E-state index >= 15 is 0 Å². The summed E-state index contributed by atoms with van der Waals surface area (Å²) in [5.74, 6) is -1.36. The van der Waals surface area contributed by atoms with Gasteiger partial charge in [-0.15, -0.1) is 0 Å². The lowest BCUT2D eigenvalue weighted by Gasteiger charge is -2.16. The van der Waals surface area contributed by atoms with Gasteiger partial charge in [-0.1, -0.05) is 0 Å². The number of carbonyl (C=O) groups excluding carboxylic acids is 1. The molecule has 3 nitrogen and oxygen atoms in total. The summed E-state index contributed by atoms with van der Waals surface area (Å²) >= 11 is 0. The van der Waals surface area contributed by atoms with Crippen molar-refractivity contribution in [2.24, 2.45) is 0 Å². The van der Waals surface area contributed by atoms with Crippen LogP contribution in [0.25, 0.3) is 0 Å². The van der Waals surface area contributed by atoms with Crippen LogP contribution in [0.5, 0.6) is 0 Å². The van der Waals surface area contributed by atoms with Gasteiger partial charge in [0.1, 0.15) is 0 Å². The molecule has 0 saturated carbocycles. The molecule has 0 amide bonds. The first-order valence-corrected chi connectivity index (χ1v) is 5.79. The van der Waals surface area contributed by atoms with Crippen LogP contribution in [0.4, 0.5) is 0 Å². The molecule has 3 heteroatoms. The molecule has 0 fully saturated rings. The fraction of sp³-hybridized carbons (Fsp3) is 0.333. The molecule has 0 aliphatic heterocycles. The standard InChI is InChI=1S/C15H18O3/c1-8-9(2)11(4)15(12(5)10(8)3)13(16)6-7-14(17)18/h6-7H,1-5H3,(H,17,18). The van der Waals surface area contributed by atoms with Crippen LogP contribution in [0.1, 0.15) is 38.2 Å². The van der Waals surface area contributed by atoms with Gasteiger partial charge in [0.15, 0.2) is 5.78 Å². The highest BCUT2D eigenvalue weighted by Gasteiger charge is 2.16. The summed E-state index contributed by atoms with van der Waals surface area (Å²) in [5.41, 5.74) is 5.83. The first-order chi connectivity index (χ1) is 8.27. The fourth-order valence-electron chi connectivity index (χ4n) is 2.10. The quantitative estimate of drug-likeness (QED) is 0.658. The summed E-state index contributed by atoms with van der Waals surface area (Å²) in [5, 5.41) is 8.56. The normalized spacial score (nSPS) is 10.9. The predicted octanol–water partition coefficient (Wildman–Crippen LogP) is 3.05. The fourth-order valence-corrected chi connectivity index (χ4v) is 2.10. The van der Waals surface area contributed by atoms with E-state index in [1.165, 1.54) is 5.56 Å². The lowest BCUT2D eigenvalue weighted by Crippen LogP contribution is -2.08. The van der Waals surface area contributed by atoms with Crippen molar-refractivity contribution in [3.8, 4) is 0 Å². The Morgan fingerprint density at radius 3 is 1.56 bits per heavy atom. The third-order valence-electron chi connectivity index (χ3n) is 3.62. The van der Waals surface area contributed by atoms with Gasteiger partial charge in [-0.2, -0.15) is 0 Å². The van der Waals surface area contributed by atoms with Gasteiger partial charge in [-0.3, -0.25) is 4.79 Å². The maximum absolute atomic E-state index is 12.1. The molecule has 0 spiro atoms. The Morgan fingerprint density at radius 1 is 0.778 bits per heavy atom. The minimum absolute atomic E-state index is 0.251. The molecule has 1 N–H and O–H groups in total. The molecule has 18 heavy (non-hydrogen) atoms. The molecule has 0 aromatic heterocycles. The topological polar surface area (TPSA) is 54.4 Å². The van der Waals surface area contributed by atoms with Gasteiger partial charge in [0.2, 0.25) is 0 Å². The van der Waals surface area contributed by atoms with E-state index < -0.39 is 5.97 Å². The first kappa shape index (κ1) is 14.2. The molecule has 0 aliphatic rings. The zero-order valence-electron chi connectivity index (χ0n) is 11.4. The van der Waals surface area contributed by atoms with Crippen molar-refractivity contribution in [1.29, 1.82) is 0 Å². The zero-order chi connectivity index (χ0) is 14.0. The van der Waals surface area contributed by atoms with Crippen molar-refractivity contribution < 1.29 is 14.7 Å². The van der Waals surface area contributed by atoms with Gasteiger partial charge < -0.3 is 5.11 Å². The Labute approximate surface area is 107 Å². The van der Waals surface area contributed by atoms with E-state index in [1.807, 2.05) is 34.6 Å². The third-order valence-corrected chi connectivity index (χ3v) is 3.62. The number of allylic oxidation sites excluding steroid dienone is 1. The minimum atomic E-state index is -1.11. The van der Waals surface area contributed by atoms with E-state index in [4.69, 9.17) is 5.11 Å². The molecular weight excluding hydrogens is 228 g/mol. The van der Waals surface area contributed by atoms with E-state index in [-0.39, 0.29) is 5.78 Å². The maximum atomic E-state index is 12.1. The molecule has 96 valence electrons. The van der Waals surface area contributed by atoms with Crippen LogP contribution in [0.2, 0.25) is 0 Å². The molecule has 0 atom stereocenters. The molecule has 1 rings (SSSR count). The molecule has 1 aromatic carbocycles. The number of hydrogen-bond donors (Lipinski definition) is 1. The number of carboxylic acid groups (broad SMARTS) is 1. The molecule has 0 radical (unpaired) electrons. The van der Waals surface area contributed by atoms with Gasteiger partial charge in [-0.25, -0.2) is 4.79 Å². The lowest BCUT2D eigenvalue weighted by atomic mass is 9.87. The summed E-state index contributed by atoms with van der Waals surface area (Å²) in [7, 11) is 0. The summed E-state index contributed by atoms with van der Waals surface area (Å²) < 4.78 is 0. The number of benzene rings is 1.